The van der Waals surface area contributed by atoms with Gasteiger partial charge in [-0.25, -0.2) is 4.39 Å². The zero-order chi connectivity index (χ0) is 20.6. The second-order valence-corrected chi connectivity index (χ2v) is 7.59. The summed E-state index contributed by atoms with van der Waals surface area (Å²) in [6.45, 7) is 4.26. The van der Waals surface area contributed by atoms with E-state index in [1.54, 1.807) is 0 Å². The van der Waals surface area contributed by atoms with Crippen molar-refractivity contribution in [3.05, 3.63) is 70.5 Å². The lowest BCUT2D eigenvalue weighted by molar-refractivity contribution is -0.130. The van der Waals surface area contributed by atoms with Crippen LogP contribution in [-0.2, 0) is 11.3 Å². The van der Waals surface area contributed by atoms with E-state index in [0.29, 0.717) is 12.1 Å². The second kappa shape index (κ2) is 10.4. The molecule has 0 saturated carbocycles. The Morgan fingerprint density at radius 3 is 2.41 bits per heavy atom. The van der Waals surface area contributed by atoms with Crippen LogP contribution in [0.1, 0.15) is 28.8 Å². The third kappa shape index (κ3) is 6.54. The van der Waals surface area contributed by atoms with Crippen molar-refractivity contribution in [1.29, 1.82) is 0 Å². The first kappa shape index (κ1) is 21.3. The Kier molecular flexibility index (Phi) is 7.61. The molecule has 2 aromatic carbocycles. The zero-order valence-electron chi connectivity index (χ0n) is 16.2. The van der Waals surface area contributed by atoms with Crippen molar-refractivity contribution >= 4 is 23.4 Å². The highest BCUT2D eigenvalue weighted by molar-refractivity contribution is 6.30. The van der Waals surface area contributed by atoms with Crippen LogP contribution in [0.15, 0.2) is 48.5 Å². The summed E-state index contributed by atoms with van der Waals surface area (Å²) in [6, 6.07) is 13.2. The molecule has 0 radical (unpaired) electrons. The molecule has 0 aromatic heterocycles. The fourth-order valence-electron chi connectivity index (χ4n) is 3.37. The highest BCUT2D eigenvalue weighted by Gasteiger charge is 2.19. The molecule has 1 aliphatic heterocycles. The predicted molar refractivity (Wildman–Crippen MR) is 111 cm³/mol. The summed E-state index contributed by atoms with van der Waals surface area (Å²) in [5, 5.41) is 3.45. The summed E-state index contributed by atoms with van der Waals surface area (Å²) in [5.41, 5.74) is 1.59. The number of hydrogen-bond donors (Lipinski definition) is 1. The van der Waals surface area contributed by atoms with Gasteiger partial charge in [0.05, 0.1) is 0 Å². The van der Waals surface area contributed by atoms with Crippen molar-refractivity contribution in [2.24, 2.45) is 0 Å². The third-order valence-corrected chi connectivity index (χ3v) is 5.24. The van der Waals surface area contributed by atoms with Crippen molar-refractivity contribution in [2.45, 2.75) is 19.4 Å². The van der Waals surface area contributed by atoms with Gasteiger partial charge in [0.15, 0.2) is 0 Å². The van der Waals surface area contributed by atoms with Gasteiger partial charge in [0.2, 0.25) is 5.91 Å². The van der Waals surface area contributed by atoms with Crippen molar-refractivity contribution in [1.82, 2.24) is 15.1 Å². The van der Waals surface area contributed by atoms with Crippen molar-refractivity contribution in [2.75, 3.05) is 32.7 Å². The molecular formula is C22H25ClFN3O2. The quantitative estimate of drug-likeness (QED) is 0.784. The van der Waals surface area contributed by atoms with Gasteiger partial charge >= 0.3 is 0 Å². The molecule has 2 amide bonds. The second-order valence-electron chi connectivity index (χ2n) is 7.15. The largest absolute Gasteiger partial charge is 0.352 e. The number of nitrogens with one attached hydrogen (secondary N) is 1. The molecule has 2 aromatic rings. The van der Waals surface area contributed by atoms with E-state index < -0.39 is 0 Å². The van der Waals surface area contributed by atoms with Gasteiger partial charge in [-0.05, 0) is 48.4 Å². The van der Waals surface area contributed by atoms with Gasteiger partial charge in [0, 0.05) is 56.3 Å². The lowest BCUT2D eigenvalue weighted by atomic mass is 10.2. The van der Waals surface area contributed by atoms with E-state index in [1.807, 2.05) is 29.2 Å². The van der Waals surface area contributed by atoms with Crippen LogP contribution in [0.4, 0.5) is 4.39 Å². The number of carbonyl (C=O) groups is 2. The molecule has 1 fully saturated rings. The normalized spacial score (nSPS) is 15.0. The Labute approximate surface area is 175 Å². The van der Waals surface area contributed by atoms with Gasteiger partial charge in [-0.2, -0.15) is 0 Å². The number of rotatable bonds is 6. The van der Waals surface area contributed by atoms with E-state index in [0.717, 1.165) is 37.6 Å². The minimum Gasteiger partial charge on any atom is -0.352 e. The summed E-state index contributed by atoms with van der Waals surface area (Å²) in [5.74, 6) is -0.649. The van der Waals surface area contributed by atoms with Crippen LogP contribution in [0.25, 0.3) is 0 Å². The molecule has 29 heavy (non-hydrogen) atoms. The summed E-state index contributed by atoms with van der Waals surface area (Å²) in [6.07, 6.45) is 1.17. The zero-order valence-corrected chi connectivity index (χ0v) is 17.0. The average Bonchev–Trinajstić information content (AvgIpc) is 2.96. The van der Waals surface area contributed by atoms with Crippen LogP contribution in [0.5, 0.6) is 0 Å². The molecular weight excluding hydrogens is 393 g/mol. The first-order valence-electron chi connectivity index (χ1n) is 9.79. The molecule has 7 heteroatoms. The monoisotopic (exact) mass is 417 g/mol. The highest BCUT2D eigenvalue weighted by atomic mass is 35.5. The van der Waals surface area contributed by atoms with Crippen LogP contribution in [0.2, 0.25) is 5.02 Å². The SMILES string of the molecule is O=C(NCCC(=O)N1CCCN(Cc2ccc(Cl)cc2)CC1)c1ccc(F)cc1. The van der Waals surface area contributed by atoms with Gasteiger partial charge in [-0.3, -0.25) is 14.5 Å². The Bertz CT molecular complexity index is 827. The maximum absolute atomic E-state index is 12.9. The molecule has 0 spiro atoms. The van der Waals surface area contributed by atoms with Gasteiger partial charge in [-0.15, -0.1) is 0 Å². The van der Waals surface area contributed by atoms with E-state index >= 15 is 0 Å². The van der Waals surface area contributed by atoms with Crippen LogP contribution in [0, 0.1) is 5.82 Å². The number of nitrogens with zero attached hydrogens (tertiary/aromatic N) is 2. The molecule has 5 nitrogen and oxygen atoms in total. The Morgan fingerprint density at radius 1 is 0.966 bits per heavy atom. The molecule has 3 rings (SSSR count). The van der Waals surface area contributed by atoms with E-state index in [1.165, 1.54) is 29.8 Å². The predicted octanol–water partition coefficient (Wildman–Crippen LogP) is 3.33. The van der Waals surface area contributed by atoms with E-state index in [9.17, 15) is 14.0 Å². The summed E-state index contributed by atoms with van der Waals surface area (Å²) in [7, 11) is 0. The molecule has 1 N–H and O–H groups in total. The Balaban J connectivity index is 1.41. The molecule has 0 unspecified atom stereocenters. The third-order valence-electron chi connectivity index (χ3n) is 4.99. The number of hydrogen-bond acceptors (Lipinski definition) is 3. The summed E-state index contributed by atoms with van der Waals surface area (Å²) >= 11 is 5.94. The summed E-state index contributed by atoms with van der Waals surface area (Å²) in [4.78, 5) is 28.7. The molecule has 1 heterocycles. The minimum atomic E-state index is -0.386. The molecule has 0 bridgehead atoms. The average molecular weight is 418 g/mol. The Morgan fingerprint density at radius 2 is 1.69 bits per heavy atom. The maximum atomic E-state index is 12.9. The highest BCUT2D eigenvalue weighted by Crippen LogP contribution is 2.13. The minimum absolute atomic E-state index is 0.0396. The van der Waals surface area contributed by atoms with Crippen molar-refractivity contribution in [3.63, 3.8) is 0 Å². The first-order valence-corrected chi connectivity index (χ1v) is 10.2. The number of benzene rings is 2. The van der Waals surface area contributed by atoms with E-state index in [2.05, 4.69) is 10.2 Å². The Hall–Kier alpha value is -2.44. The van der Waals surface area contributed by atoms with Crippen molar-refractivity contribution in [3.8, 4) is 0 Å². The summed E-state index contributed by atoms with van der Waals surface area (Å²) < 4.78 is 12.9. The smallest absolute Gasteiger partial charge is 0.251 e. The fourth-order valence-corrected chi connectivity index (χ4v) is 3.50. The molecule has 0 aliphatic carbocycles. The van der Waals surface area contributed by atoms with Gasteiger partial charge in [0.25, 0.3) is 5.91 Å². The van der Waals surface area contributed by atoms with E-state index in [-0.39, 0.29) is 30.6 Å². The fraction of sp³-hybridized carbons (Fsp3) is 0.364. The van der Waals surface area contributed by atoms with Gasteiger partial charge < -0.3 is 10.2 Å². The van der Waals surface area contributed by atoms with Crippen molar-refractivity contribution < 1.29 is 14.0 Å². The number of carbonyl (C=O) groups excluding carboxylic acids is 2. The first-order chi connectivity index (χ1) is 14.0. The molecule has 1 aliphatic rings. The van der Waals surface area contributed by atoms with Crippen LogP contribution in [0.3, 0.4) is 0 Å². The van der Waals surface area contributed by atoms with Crippen LogP contribution < -0.4 is 5.32 Å². The molecule has 1 saturated heterocycles. The topological polar surface area (TPSA) is 52.7 Å². The number of halogens is 2. The molecule has 0 atom stereocenters. The van der Waals surface area contributed by atoms with Gasteiger partial charge in [-0.1, -0.05) is 23.7 Å². The molecule has 154 valence electrons. The van der Waals surface area contributed by atoms with Gasteiger partial charge in [0.1, 0.15) is 5.82 Å². The maximum Gasteiger partial charge on any atom is 0.251 e. The van der Waals surface area contributed by atoms with E-state index in [4.69, 9.17) is 11.6 Å². The van der Waals surface area contributed by atoms with Crippen LogP contribution in [-0.4, -0.2) is 54.3 Å². The number of amides is 2. The van der Waals surface area contributed by atoms with Crippen LogP contribution >= 0.6 is 11.6 Å². The standard InChI is InChI=1S/C22H25ClFN3O2/c23-19-6-2-17(3-7-19)16-26-12-1-13-27(15-14-26)21(28)10-11-25-22(29)18-4-8-20(24)9-5-18/h2-9H,1,10-16H2,(H,25,29). The lowest BCUT2D eigenvalue weighted by Gasteiger charge is -2.22. The lowest BCUT2D eigenvalue weighted by Crippen LogP contribution is -2.37.